The van der Waals surface area contributed by atoms with Gasteiger partial charge in [-0.25, -0.2) is 9.78 Å². The Bertz CT molecular complexity index is 888. The van der Waals surface area contributed by atoms with E-state index in [4.69, 9.17) is 4.74 Å². The van der Waals surface area contributed by atoms with Crippen LogP contribution in [0.15, 0.2) is 30.7 Å². The van der Waals surface area contributed by atoms with Crippen molar-refractivity contribution in [3.63, 3.8) is 0 Å². The second-order valence-electron chi connectivity index (χ2n) is 5.44. The summed E-state index contributed by atoms with van der Waals surface area (Å²) < 4.78 is 6.84. The monoisotopic (exact) mass is 325 g/mol. The highest BCUT2D eigenvalue weighted by Gasteiger charge is 2.17. The molecule has 3 aromatic rings. The van der Waals surface area contributed by atoms with Gasteiger partial charge in [0.15, 0.2) is 0 Å². The number of rotatable bonds is 5. The van der Waals surface area contributed by atoms with Crippen molar-refractivity contribution in [2.24, 2.45) is 7.05 Å². The molecule has 0 fully saturated rings. The van der Waals surface area contributed by atoms with E-state index in [9.17, 15) is 4.79 Å². The largest absolute Gasteiger partial charge is 0.462 e. The average Bonchev–Trinajstić information content (AvgIpc) is 2.97. The summed E-state index contributed by atoms with van der Waals surface area (Å²) in [5, 5.41) is 8.23. The van der Waals surface area contributed by atoms with Crippen LogP contribution < -0.4 is 5.32 Å². The van der Waals surface area contributed by atoms with E-state index < -0.39 is 5.97 Å². The number of aromatic nitrogens is 4. The third-order valence-corrected chi connectivity index (χ3v) is 3.75. The van der Waals surface area contributed by atoms with Gasteiger partial charge in [0, 0.05) is 18.6 Å². The van der Waals surface area contributed by atoms with Gasteiger partial charge in [0.05, 0.1) is 24.4 Å². The molecule has 0 aliphatic heterocycles. The number of aryl methyl sites for hydroxylation is 2. The van der Waals surface area contributed by atoms with E-state index in [1.807, 2.05) is 32.2 Å². The Labute approximate surface area is 139 Å². The summed E-state index contributed by atoms with van der Waals surface area (Å²) in [7, 11) is 1.82. The van der Waals surface area contributed by atoms with Gasteiger partial charge in [0.2, 0.25) is 0 Å². The van der Waals surface area contributed by atoms with Crippen LogP contribution in [0.5, 0.6) is 0 Å². The SMILES string of the molecule is CCOC(=O)c1cnc2ccc(C)cc2c1NCc1ncnn1C. The summed E-state index contributed by atoms with van der Waals surface area (Å²) in [6.45, 7) is 4.54. The number of hydrogen-bond donors (Lipinski definition) is 1. The van der Waals surface area contributed by atoms with Gasteiger partial charge in [-0.05, 0) is 26.0 Å². The van der Waals surface area contributed by atoms with Crippen molar-refractivity contribution >= 4 is 22.6 Å². The van der Waals surface area contributed by atoms with Crippen molar-refractivity contribution in [3.8, 4) is 0 Å². The zero-order chi connectivity index (χ0) is 17.1. The highest BCUT2D eigenvalue weighted by Crippen LogP contribution is 2.28. The summed E-state index contributed by atoms with van der Waals surface area (Å²) in [4.78, 5) is 20.9. The topological polar surface area (TPSA) is 81.9 Å². The number of ether oxygens (including phenoxy) is 1. The van der Waals surface area contributed by atoms with Gasteiger partial charge in [0.25, 0.3) is 0 Å². The van der Waals surface area contributed by atoms with E-state index in [1.54, 1.807) is 17.8 Å². The van der Waals surface area contributed by atoms with Crippen LogP contribution >= 0.6 is 0 Å². The van der Waals surface area contributed by atoms with Gasteiger partial charge in [-0.1, -0.05) is 11.6 Å². The summed E-state index contributed by atoms with van der Waals surface area (Å²) >= 11 is 0. The fourth-order valence-electron chi connectivity index (χ4n) is 2.51. The molecule has 24 heavy (non-hydrogen) atoms. The molecule has 3 rings (SSSR count). The smallest absolute Gasteiger partial charge is 0.341 e. The maximum absolute atomic E-state index is 12.3. The Morgan fingerprint density at radius 1 is 1.33 bits per heavy atom. The number of esters is 1. The summed E-state index contributed by atoms with van der Waals surface area (Å²) in [6, 6.07) is 5.93. The first-order valence-corrected chi connectivity index (χ1v) is 7.73. The lowest BCUT2D eigenvalue weighted by Crippen LogP contribution is -2.13. The second kappa shape index (κ2) is 6.66. The molecule has 0 radical (unpaired) electrons. The van der Waals surface area contributed by atoms with Crippen molar-refractivity contribution in [1.29, 1.82) is 0 Å². The molecule has 7 heteroatoms. The molecular formula is C17H19N5O2. The van der Waals surface area contributed by atoms with Crippen LogP contribution in [0.1, 0.15) is 28.7 Å². The Balaban J connectivity index is 2.06. The van der Waals surface area contributed by atoms with Crippen LogP contribution in [0.4, 0.5) is 5.69 Å². The van der Waals surface area contributed by atoms with Crippen molar-refractivity contribution in [2.45, 2.75) is 20.4 Å². The van der Waals surface area contributed by atoms with Gasteiger partial charge >= 0.3 is 5.97 Å². The lowest BCUT2D eigenvalue weighted by atomic mass is 10.1. The fraction of sp³-hybridized carbons (Fsp3) is 0.294. The number of benzene rings is 1. The molecule has 2 aromatic heterocycles. The maximum Gasteiger partial charge on any atom is 0.341 e. The molecule has 124 valence electrons. The van der Waals surface area contributed by atoms with Gasteiger partial charge in [-0.2, -0.15) is 5.10 Å². The van der Waals surface area contributed by atoms with Crippen molar-refractivity contribution in [2.75, 3.05) is 11.9 Å². The second-order valence-corrected chi connectivity index (χ2v) is 5.44. The fourth-order valence-corrected chi connectivity index (χ4v) is 2.51. The lowest BCUT2D eigenvalue weighted by Gasteiger charge is -2.14. The van der Waals surface area contributed by atoms with Crippen molar-refractivity contribution in [1.82, 2.24) is 19.7 Å². The van der Waals surface area contributed by atoms with Gasteiger partial charge in [-0.3, -0.25) is 9.67 Å². The minimum atomic E-state index is -0.395. The molecule has 0 saturated carbocycles. The van der Waals surface area contributed by atoms with Crippen LogP contribution in [0.25, 0.3) is 10.9 Å². The van der Waals surface area contributed by atoms with E-state index in [1.165, 1.54) is 6.33 Å². The molecule has 0 atom stereocenters. The number of fused-ring (bicyclic) bond motifs is 1. The van der Waals surface area contributed by atoms with E-state index in [-0.39, 0.29) is 0 Å². The third-order valence-electron chi connectivity index (χ3n) is 3.75. The van der Waals surface area contributed by atoms with E-state index >= 15 is 0 Å². The van der Waals surface area contributed by atoms with Crippen LogP contribution in [0, 0.1) is 6.92 Å². The van der Waals surface area contributed by atoms with Crippen molar-refractivity contribution < 1.29 is 9.53 Å². The first-order chi connectivity index (χ1) is 11.6. The van der Waals surface area contributed by atoms with Crippen LogP contribution in [-0.4, -0.2) is 32.3 Å². The zero-order valence-electron chi connectivity index (χ0n) is 13.9. The Hall–Kier alpha value is -2.96. The van der Waals surface area contributed by atoms with Crippen LogP contribution in [-0.2, 0) is 18.3 Å². The third kappa shape index (κ3) is 3.05. The van der Waals surface area contributed by atoms with Crippen molar-refractivity contribution in [3.05, 3.63) is 47.7 Å². The predicted molar refractivity (Wildman–Crippen MR) is 90.8 cm³/mol. The predicted octanol–water partition coefficient (Wildman–Crippen LogP) is 2.46. The van der Waals surface area contributed by atoms with E-state index in [0.29, 0.717) is 24.4 Å². The first-order valence-electron chi connectivity index (χ1n) is 7.73. The number of anilines is 1. The van der Waals surface area contributed by atoms with Crippen LogP contribution in [0.2, 0.25) is 0 Å². The normalized spacial score (nSPS) is 10.8. The van der Waals surface area contributed by atoms with Gasteiger partial charge < -0.3 is 10.1 Å². The Morgan fingerprint density at radius 3 is 2.88 bits per heavy atom. The molecule has 0 bridgehead atoms. The number of nitrogens with zero attached hydrogens (tertiary/aromatic N) is 4. The molecule has 0 aliphatic rings. The first kappa shape index (κ1) is 15.9. The number of carbonyl (C=O) groups is 1. The van der Waals surface area contributed by atoms with Gasteiger partial charge in [0.1, 0.15) is 17.7 Å². The van der Waals surface area contributed by atoms with Gasteiger partial charge in [-0.15, -0.1) is 0 Å². The van der Waals surface area contributed by atoms with Crippen LogP contribution in [0.3, 0.4) is 0 Å². The number of carbonyl (C=O) groups excluding carboxylic acids is 1. The molecule has 0 spiro atoms. The molecule has 0 aliphatic carbocycles. The minimum Gasteiger partial charge on any atom is -0.462 e. The Morgan fingerprint density at radius 2 is 2.17 bits per heavy atom. The molecule has 1 aromatic carbocycles. The summed E-state index contributed by atoms with van der Waals surface area (Å²) in [5.74, 6) is 0.372. The highest BCUT2D eigenvalue weighted by atomic mass is 16.5. The number of pyridine rings is 1. The lowest BCUT2D eigenvalue weighted by molar-refractivity contribution is 0.0527. The Kier molecular flexibility index (Phi) is 4.41. The molecule has 0 amide bonds. The zero-order valence-corrected chi connectivity index (χ0v) is 13.9. The molecule has 1 N–H and O–H groups in total. The number of nitrogens with one attached hydrogen (secondary N) is 1. The quantitative estimate of drug-likeness (QED) is 0.726. The molecule has 0 saturated heterocycles. The minimum absolute atomic E-state index is 0.313. The molecule has 0 unspecified atom stereocenters. The molecular weight excluding hydrogens is 306 g/mol. The van der Waals surface area contributed by atoms with E-state index in [0.717, 1.165) is 22.3 Å². The molecule has 7 nitrogen and oxygen atoms in total. The summed E-state index contributed by atoms with van der Waals surface area (Å²) in [5.41, 5.74) is 3.02. The highest BCUT2D eigenvalue weighted by molar-refractivity contribution is 6.05. The van der Waals surface area contributed by atoms with E-state index in [2.05, 4.69) is 20.4 Å². The maximum atomic E-state index is 12.3. The average molecular weight is 325 g/mol. The molecule has 2 heterocycles. The standard InChI is InChI=1S/C17H19N5O2/c1-4-24-17(23)13-8-18-14-6-5-11(2)7-12(14)16(13)19-9-15-20-10-21-22(15)3/h5-8,10H,4,9H2,1-3H3,(H,18,19). The number of hydrogen-bond acceptors (Lipinski definition) is 6. The summed E-state index contributed by atoms with van der Waals surface area (Å²) in [6.07, 6.45) is 3.05.